The van der Waals surface area contributed by atoms with E-state index in [0.29, 0.717) is 16.9 Å². The van der Waals surface area contributed by atoms with Crippen LogP contribution < -0.4 is 0 Å². The van der Waals surface area contributed by atoms with Crippen molar-refractivity contribution in [2.75, 3.05) is 0 Å². The minimum absolute atomic E-state index is 0.258. The third-order valence-electron chi connectivity index (χ3n) is 8.14. The van der Waals surface area contributed by atoms with Crippen molar-refractivity contribution in [2.45, 2.75) is 84.5 Å². The molecule has 2 aliphatic carbocycles. The first-order chi connectivity index (χ1) is 13.0. The van der Waals surface area contributed by atoms with Crippen LogP contribution in [0.3, 0.4) is 0 Å². The van der Waals surface area contributed by atoms with Crippen molar-refractivity contribution in [2.24, 2.45) is 10.8 Å². The van der Waals surface area contributed by atoms with E-state index in [1.807, 2.05) is 24.3 Å². The van der Waals surface area contributed by atoms with Crippen LogP contribution in [-0.2, 0) is 12.8 Å². The molecule has 0 atom stereocenters. The largest absolute Gasteiger partial charge is 0.507 e. The van der Waals surface area contributed by atoms with Crippen molar-refractivity contribution in [3.8, 4) is 11.5 Å². The fourth-order valence-corrected chi connectivity index (χ4v) is 5.87. The highest BCUT2D eigenvalue weighted by Gasteiger charge is 2.44. The summed E-state index contributed by atoms with van der Waals surface area (Å²) in [5.41, 5.74) is 2.60. The molecule has 0 heterocycles. The van der Waals surface area contributed by atoms with Gasteiger partial charge in [-0.25, -0.2) is 0 Å². The Hall–Kier alpha value is -1.70. The van der Waals surface area contributed by atoms with Crippen molar-refractivity contribution >= 4 is 10.8 Å². The molecule has 2 nitrogen and oxygen atoms in total. The number of phenolic OH excluding ortho intramolecular Hbond substituents is 2. The van der Waals surface area contributed by atoms with Gasteiger partial charge in [0.05, 0.1) is 0 Å². The van der Waals surface area contributed by atoms with E-state index in [4.69, 9.17) is 0 Å². The smallest absolute Gasteiger partial charge is 0.127 e. The fraction of sp³-hybridized carbons (Fsp3) is 0.600. The molecule has 4 rings (SSSR count). The number of hydrogen-bond acceptors (Lipinski definition) is 2. The highest BCUT2D eigenvalue weighted by Crippen LogP contribution is 2.56. The summed E-state index contributed by atoms with van der Waals surface area (Å²) in [6.07, 6.45) is 13.4. The van der Waals surface area contributed by atoms with Crippen LogP contribution in [0.15, 0.2) is 24.3 Å². The predicted molar refractivity (Wildman–Crippen MR) is 112 cm³/mol. The molecule has 0 aromatic heterocycles. The molecule has 2 heteroatoms. The van der Waals surface area contributed by atoms with E-state index in [0.717, 1.165) is 47.6 Å². The van der Waals surface area contributed by atoms with Crippen molar-refractivity contribution in [3.05, 3.63) is 35.4 Å². The lowest BCUT2D eigenvalue weighted by Crippen LogP contribution is -2.38. The third-order valence-corrected chi connectivity index (χ3v) is 8.14. The van der Waals surface area contributed by atoms with E-state index in [1.165, 1.54) is 44.9 Å². The summed E-state index contributed by atoms with van der Waals surface area (Å²) in [5.74, 6) is 0.788. The van der Waals surface area contributed by atoms with Gasteiger partial charge < -0.3 is 10.2 Å². The monoisotopic (exact) mass is 366 g/mol. The van der Waals surface area contributed by atoms with E-state index in [9.17, 15) is 10.2 Å². The lowest BCUT2D eigenvalue weighted by Gasteiger charge is -2.48. The Morgan fingerprint density at radius 3 is 1.52 bits per heavy atom. The van der Waals surface area contributed by atoms with Gasteiger partial charge in [-0.2, -0.15) is 0 Å². The summed E-state index contributed by atoms with van der Waals surface area (Å²) in [6.45, 7) is 5.00. The van der Waals surface area contributed by atoms with Crippen LogP contribution in [0, 0.1) is 10.8 Å². The van der Waals surface area contributed by atoms with Crippen molar-refractivity contribution < 1.29 is 10.2 Å². The van der Waals surface area contributed by atoms with Crippen molar-refractivity contribution in [1.29, 1.82) is 0 Å². The molecule has 2 aliphatic rings. The van der Waals surface area contributed by atoms with Gasteiger partial charge in [0.15, 0.2) is 0 Å². The Kier molecular flexibility index (Phi) is 4.86. The van der Waals surface area contributed by atoms with Gasteiger partial charge in [-0.05, 0) is 49.4 Å². The zero-order valence-corrected chi connectivity index (χ0v) is 17.0. The molecule has 0 amide bonds. The quantitative estimate of drug-likeness (QED) is 0.426. The molecule has 2 aromatic carbocycles. The minimum atomic E-state index is 0.258. The second kappa shape index (κ2) is 7.04. The van der Waals surface area contributed by atoms with Crippen LogP contribution in [0.25, 0.3) is 10.8 Å². The molecule has 0 bridgehead atoms. The van der Waals surface area contributed by atoms with Crippen LogP contribution in [0.4, 0.5) is 0 Å². The first-order valence-corrected chi connectivity index (χ1v) is 10.9. The van der Waals surface area contributed by atoms with Gasteiger partial charge >= 0.3 is 0 Å². The minimum Gasteiger partial charge on any atom is -0.507 e. The van der Waals surface area contributed by atoms with Crippen LogP contribution in [0.2, 0.25) is 0 Å². The summed E-state index contributed by atoms with van der Waals surface area (Å²) in [6, 6.07) is 7.71. The molecule has 146 valence electrons. The van der Waals surface area contributed by atoms with Gasteiger partial charge in [-0.15, -0.1) is 0 Å². The number of phenols is 2. The molecule has 27 heavy (non-hydrogen) atoms. The van der Waals surface area contributed by atoms with Gasteiger partial charge in [0.25, 0.3) is 0 Å². The number of rotatable bonds is 1. The maximum absolute atomic E-state index is 11.0. The molecule has 0 aliphatic heterocycles. The first kappa shape index (κ1) is 18.7. The highest BCUT2D eigenvalue weighted by molar-refractivity contribution is 5.95. The van der Waals surface area contributed by atoms with E-state index < -0.39 is 0 Å². The molecule has 0 unspecified atom stereocenters. The topological polar surface area (TPSA) is 40.5 Å². The van der Waals surface area contributed by atoms with Crippen LogP contribution >= 0.6 is 0 Å². The average Bonchev–Trinajstić information content (AvgIpc) is 2.84. The summed E-state index contributed by atoms with van der Waals surface area (Å²) < 4.78 is 0. The molecular formula is C25H34O2. The molecular weight excluding hydrogens is 332 g/mol. The molecule has 0 saturated heterocycles. The number of benzene rings is 2. The second-order valence-corrected chi connectivity index (χ2v) is 9.59. The number of fused-ring (bicyclic) bond motifs is 2. The lowest BCUT2D eigenvalue weighted by molar-refractivity contribution is 0.0247. The van der Waals surface area contributed by atoms with E-state index in [2.05, 4.69) is 13.8 Å². The SMILES string of the molecule is CC1(C2(C)CCc3c(c(O)c4ccccc4c3O)CC2)CCCCCCC1. The summed E-state index contributed by atoms with van der Waals surface area (Å²) in [4.78, 5) is 0. The maximum atomic E-state index is 11.0. The zero-order valence-electron chi connectivity index (χ0n) is 17.0. The van der Waals surface area contributed by atoms with Crippen LogP contribution in [0.1, 0.15) is 82.8 Å². The molecule has 2 N–H and O–H groups in total. The third kappa shape index (κ3) is 3.11. The summed E-state index contributed by atoms with van der Waals surface area (Å²) in [5, 5.41) is 23.5. The highest BCUT2D eigenvalue weighted by atomic mass is 16.3. The van der Waals surface area contributed by atoms with E-state index in [1.54, 1.807) is 0 Å². The number of hydrogen-bond donors (Lipinski definition) is 2. The average molecular weight is 367 g/mol. The standard InChI is InChI=1S/C25H34O2/c1-24(14-8-4-3-5-9-15-24)25(2)16-12-20-21(13-17-25)23(27)19-11-7-6-10-18(19)22(20)26/h6-7,10-11,26-27H,3-5,8-9,12-17H2,1-2H3. The molecule has 1 saturated carbocycles. The first-order valence-electron chi connectivity index (χ1n) is 10.9. The van der Waals surface area contributed by atoms with Gasteiger partial charge in [0.2, 0.25) is 0 Å². The summed E-state index contributed by atoms with van der Waals surface area (Å²) in [7, 11) is 0. The van der Waals surface area contributed by atoms with Crippen LogP contribution in [0.5, 0.6) is 11.5 Å². The van der Waals surface area contributed by atoms with Gasteiger partial charge in [-0.3, -0.25) is 0 Å². The Labute approximate surface area is 163 Å². The van der Waals surface area contributed by atoms with Crippen molar-refractivity contribution in [1.82, 2.24) is 0 Å². The van der Waals surface area contributed by atoms with Crippen molar-refractivity contribution in [3.63, 3.8) is 0 Å². The Bertz CT molecular complexity index is 775. The Balaban J connectivity index is 1.71. The van der Waals surface area contributed by atoms with Gasteiger partial charge in [-0.1, -0.05) is 70.2 Å². The van der Waals surface area contributed by atoms with Crippen LogP contribution in [-0.4, -0.2) is 10.2 Å². The van der Waals surface area contributed by atoms with E-state index >= 15 is 0 Å². The van der Waals surface area contributed by atoms with Gasteiger partial charge in [0.1, 0.15) is 11.5 Å². The normalized spacial score (nSPS) is 22.4. The zero-order chi connectivity index (χ0) is 19.1. The molecule has 0 spiro atoms. The Morgan fingerprint density at radius 1 is 0.630 bits per heavy atom. The molecule has 2 aromatic rings. The lowest BCUT2D eigenvalue weighted by atomic mass is 9.57. The van der Waals surface area contributed by atoms with Gasteiger partial charge in [0, 0.05) is 21.9 Å². The number of aromatic hydroxyl groups is 2. The molecule has 0 radical (unpaired) electrons. The summed E-state index contributed by atoms with van der Waals surface area (Å²) >= 11 is 0. The van der Waals surface area contributed by atoms with E-state index in [-0.39, 0.29) is 5.41 Å². The predicted octanol–water partition coefficient (Wildman–Crippen LogP) is 6.89. The molecule has 1 fully saturated rings. The fourth-order valence-electron chi connectivity index (χ4n) is 5.87. The second-order valence-electron chi connectivity index (χ2n) is 9.59. The Morgan fingerprint density at radius 2 is 1.04 bits per heavy atom. The maximum Gasteiger partial charge on any atom is 0.127 e.